The van der Waals surface area contributed by atoms with E-state index in [4.69, 9.17) is 26.5 Å². The van der Waals surface area contributed by atoms with Crippen LogP contribution in [0.3, 0.4) is 0 Å². The zero-order valence-corrected chi connectivity index (χ0v) is 24.8. The average molecular weight is 632 g/mol. The van der Waals surface area contributed by atoms with Crippen LogP contribution >= 0.6 is 11.6 Å². The van der Waals surface area contributed by atoms with Crippen LogP contribution < -0.4 is 15.1 Å². The fourth-order valence-corrected chi connectivity index (χ4v) is 5.23. The number of benzene rings is 2. The molecule has 14 heteroatoms. The van der Waals surface area contributed by atoms with E-state index in [1.54, 1.807) is 65.8 Å². The highest BCUT2D eigenvalue weighted by molar-refractivity contribution is 6.32. The molecule has 44 heavy (non-hydrogen) atoms. The highest BCUT2D eigenvalue weighted by atomic mass is 35.5. The Hall–Kier alpha value is -4.52. The quantitative estimate of drug-likeness (QED) is 0.263. The minimum atomic E-state index is -4.75. The lowest BCUT2D eigenvalue weighted by atomic mass is 9.86. The van der Waals surface area contributed by atoms with Crippen LogP contribution in [0.25, 0.3) is 11.1 Å². The maximum absolute atomic E-state index is 14.1. The van der Waals surface area contributed by atoms with Gasteiger partial charge in [0.25, 0.3) is 0 Å². The lowest BCUT2D eigenvalue weighted by Gasteiger charge is -2.27. The normalized spacial score (nSPS) is 14.7. The van der Waals surface area contributed by atoms with Crippen molar-refractivity contribution < 1.29 is 37.0 Å². The van der Waals surface area contributed by atoms with Crippen molar-refractivity contribution in [3.05, 3.63) is 81.9 Å². The molecule has 0 amide bonds. The van der Waals surface area contributed by atoms with E-state index in [-0.39, 0.29) is 77.3 Å². The Labute approximate surface area is 255 Å². The third-order valence-corrected chi connectivity index (χ3v) is 7.65. The molecule has 2 aromatic heterocycles. The summed E-state index contributed by atoms with van der Waals surface area (Å²) >= 11 is 6.22. The number of ether oxygens (including phenoxy) is 3. The van der Waals surface area contributed by atoms with E-state index in [1.807, 2.05) is 0 Å². The number of alkyl halides is 3. The van der Waals surface area contributed by atoms with Crippen molar-refractivity contribution in [3.63, 3.8) is 0 Å². The average Bonchev–Trinajstić information content (AvgIpc) is 3.58. The van der Waals surface area contributed by atoms with Gasteiger partial charge in [-0.15, -0.1) is 0 Å². The van der Waals surface area contributed by atoms with E-state index in [2.05, 4.69) is 9.84 Å². The first-order valence-electron chi connectivity index (χ1n) is 13.6. The first-order chi connectivity index (χ1) is 20.9. The molecule has 1 aliphatic rings. The standard InChI is InChI=1S/C30H29ClF3N5O5/c1-4-39-14-22(28(36-39)30(32,33)34)20-10-18(13-38-8-7-37(2)29(38)35)11-21-26(41)19(15-44-27(20)21)9-17-5-6-23(31)24(12-17)43-16-25(40)42-3/h5-8,10-12,14,19,35H,4,9,13,15-16H2,1-3H3. The van der Waals surface area contributed by atoms with Crippen LogP contribution in [0.2, 0.25) is 5.02 Å². The van der Waals surface area contributed by atoms with Crippen molar-refractivity contribution in [2.24, 2.45) is 13.0 Å². The summed E-state index contributed by atoms with van der Waals surface area (Å²) in [5.74, 6) is -1.27. The summed E-state index contributed by atoms with van der Waals surface area (Å²) in [4.78, 5) is 25.5. The number of hydrogen-bond acceptors (Lipinski definition) is 7. The fraction of sp³-hybridized carbons (Fsp3) is 0.333. The predicted molar refractivity (Wildman–Crippen MR) is 153 cm³/mol. The van der Waals surface area contributed by atoms with Gasteiger partial charge in [0.05, 0.1) is 36.8 Å². The molecule has 1 atom stereocenters. The van der Waals surface area contributed by atoms with Crippen molar-refractivity contribution >= 4 is 23.4 Å². The number of rotatable bonds is 9. The second kappa shape index (κ2) is 12.2. The van der Waals surface area contributed by atoms with Crippen LogP contribution in [0.15, 0.2) is 48.9 Å². The summed E-state index contributed by atoms with van der Waals surface area (Å²) < 4.78 is 62.9. The summed E-state index contributed by atoms with van der Waals surface area (Å²) in [6, 6.07) is 8.09. The number of fused-ring (bicyclic) bond motifs is 1. The number of methoxy groups -OCH3 is 1. The third kappa shape index (κ3) is 6.23. The van der Waals surface area contributed by atoms with Crippen molar-refractivity contribution in [2.45, 2.75) is 32.6 Å². The molecular formula is C30H29ClF3N5O5. The zero-order chi connectivity index (χ0) is 31.8. The summed E-state index contributed by atoms with van der Waals surface area (Å²) in [5, 5.41) is 12.3. The number of nitrogens with one attached hydrogen (secondary N) is 1. The Bertz CT molecular complexity index is 1790. The number of nitrogens with zero attached hydrogens (tertiary/aromatic N) is 4. The smallest absolute Gasteiger partial charge is 0.435 e. The topological polar surface area (TPSA) is 113 Å². The van der Waals surface area contributed by atoms with Gasteiger partial charge < -0.3 is 23.3 Å². The number of halogens is 4. The van der Waals surface area contributed by atoms with E-state index in [1.165, 1.54) is 18.0 Å². The second-order valence-corrected chi connectivity index (χ2v) is 10.7. The largest absolute Gasteiger partial charge is 0.491 e. The number of carbonyl (C=O) groups is 2. The van der Waals surface area contributed by atoms with Crippen molar-refractivity contribution in [3.8, 4) is 22.6 Å². The van der Waals surface area contributed by atoms with Gasteiger partial charge in [-0.2, -0.15) is 18.3 Å². The van der Waals surface area contributed by atoms with E-state index in [0.29, 0.717) is 11.1 Å². The van der Waals surface area contributed by atoms with Gasteiger partial charge in [-0.1, -0.05) is 17.7 Å². The molecule has 0 aliphatic carbocycles. The zero-order valence-electron chi connectivity index (χ0n) is 24.1. The number of imidazole rings is 1. The number of carbonyl (C=O) groups excluding carboxylic acids is 2. The molecular weight excluding hydrogens is 603 g/mol. The maximum Gasteiger partial charge on any atom is 0.435 e. The number of aryl methyl sites for hydroxylation is 2. The molecule has 0 radical (unpaired) electrons. The molecule has 0 bridgehead atoms. The molecule has 4 aromatic rings. The first-order valence-corrected chi connectivity index (χ1v) is 14.0. The van der Waals surface area contributed by atoms with Crippen molar-refractivity contribution in [1.82, 2.24) is 18.9 Å². The monoisotopic (exact) mass is 631 g/mol. The number of esters is 1. The molecule has 0 saturated carbocycles. The molecule has 1 N–H and O–H groups in total. The molecule has 3 heterocycles. The highest BCUT2D eigenvalue weighted by Crippen LogP contribution is 2.44. The number of aromatic nitrogens is 4. The SMILES string of the molecule is CCn1cc(-c2cc(Cn3ccn(C)c3=N)cc3c2OCC(Cc2ccc(Cl)c(OCC(=O)OC)c2)C3=O)c(C(F)(F)F)n1. The Morgan fingerprint density at radius 1 is 1.16 bits per heavy atom. The first kappa shape index (κ1) is 30.9. The van der Waals surface area contributed by atoms with Crippen LogP contribution in [0.4, 0.5) is 13.2 Å². The molecule has 232 valence electrons. The number of ketones is 1. The summed E-state index contributed by atoms with van der Waals surface area (Å²) in [7, 11) is 2.94. The van der Waals surface area contributed by atoms with E-state index >= 15 is 0 Å². The van der Waals surface area contributed by atoms with Crippen molar-refractivity contribution in [2.75, 3.05) is 20.3 Å². The second-order valence-electron chi connectivity index (χ2n) is 10.3. The number of hydrogen-bond donors (Lipinski definition) is 1. The van der Waals surface area contributed by atoms with Gasteiger partial charge in [-0.05, 0) is 48.7 Å². The molecule has 0 fully saturated rings. The predicted octanol–water partition coefficient (Wildman–Crippen LogP) is 4.90. The third-order valence-electron chi connectivity index (χ3n) is 7.34. The highest BCUT2D eigenvalue weighted by Gasteiger charge is 2.40. The molecule has 1 aliphatic heterocycles. The number of Topliss-reactive ketones (excluding diaryl/α,β-unsaturated/α-hetero) is 1. The van der Waals surface area contributed by atoms with E-state index < -0.39 is 23.8 Å². The summed E-state index contributed by atoms with van der Waals surface area (Å²) in [6.45, 7) is 1.60. The van der Waals surface area contributed by atoms with Gasteiger partial charge in [0.1, 0.15) is 11.5 Å². The van der Waals surface area contributed by atoms with E-state index in [0.717, 1.165) is 0 Å². The van der Waals surface area contributed by atoms with E-state index in [9.17, 15) is 22.8 Å². The minimum absolute atomic E-state index is 0.0542. The Morgan fingerprint density at radius 3 is 2.57 bits per heavy atom. The van der Waals surface area contributed by atoms with Gasteiger partial charge in [-0.3, -0.25) is 14.9 Å². The van der Waals surface area contributed by atoms with Gasteiger partial charge in [0.2, 0.25) is 5.62 Å². The lowest BCUT2D eigenvalue weighted by Crippen LogP contribution is -2.30. The molecule has 10 nitrogen and oxygen atoms in total. The molecule has 0 saturated heterocycles. The minimum Gasteiger partial charge on any atom is -0.491 e. The molecule has 5 rings (SSSR count). The molecule has 1 unspecified atom stereocenters. The van der Waals surface area contributed by atoms with Crippen molar-refractivity contribution in [1.29, 1.82) is 5.41 Å². The Kier molecular flexibility index (Phi) is 8.60. The van der Waals surface area contributed by atoms with Crippen LogP contribution in [0.1, 0.15) is 34.1 Å². The molecule has 0 spiro atoms. The Balaban J connectivity index is 1.54. The van der Waals surface area contributed by atoms with Gasteiger partial charge >= 0.3 is 12.1 Å². The van der Waals surface area contributed by atoms with Gasteiger partial charge in [0, 0.05) is 43.3 Å². The van der Waals surface area contributed by atoms with Gasteiger partial charge in [0.15, 0.2) is 18.1 Å². The fourth-order valence-electron chi connectivity index (χ4n) is 5.05. The van der Waals surface area contributed by atoms with Crippen LogP contribution in [-0.4, -0.2) is 51.0 Å². The molecule has 2 aromatic carbocycles. The maximum atomic E-state index is 14.1. The van der Waals surface area contributed by atoms with Crippen LogP contribution in [0, 0.1) is 11.3 Å². The Morgan fingerprint density at radius 2 is 1.91 bits per heavy atom. The van der Waals surface area contributed by atoms with Crippen LogP contribution in [-0.2, 0) is 42.3 Å². The lowest BCUT2D eigenvalue weighted by molar-refractivity contribution is -0.143. The summed E-state index contributed by atoms with van der Waals surface area (Å²) in [5.41, 5.74) is 0.341. The summed E-state index contributed by atoms with van der Waals surface area (Å²) in [6.07, 6.45) is 0.144. The van der Waals surface area contributed by atoms with Gasteiger partial charge in [-0.25, -0.2) is 4.79 Å². The van der Waals surface area contributed by atoms with Crippen LogP contribution in [0.5, 0.6) is 11.5 Å².